The van der Waals surface area contributed by atoms with Crippen LogP contribution in [0.1, 0.15) is 5.56 Å². The second kappa shape index (κ2) is 10.4. The Kier molecular flexibility index (Phi) is 9.88. The van der Waals surface area contributed by atoms with Gasteiger partial charge in [0.15, 0.2) is 23.5 Å². The summed E-state index contributed by atoms with van der Waals surface area (Å²) in [5, 5.41) is 0. The molecule has 33 heavy (non-hydrogen) atoms. The summed E-state index contributed by atoms with van der Waals surface area (Å²) in [5.41, 5.74) is 3.44. The minimum absolute atomic E-state index is 1.18. The number of hydrogen-bond acceptors (Lipinski definition) is 3. The summed E-state index contributed by atoms with van der Waals surface area (Å²) in [6.45, 7) is 36.4. The van der Waals surface area contributed by atoms with Gasteiger partial charge in [-0.1, -0.05) is 95.3 Å². The van der Waals surface area contributed by atoms with Crippen LogP contribution in [0.25, 0.3) is 6.08 Å². The van der Waals surface area contributed by atoms with Crippen LogP contribution in [0.4, 0.5) is 0 Å². The second-order valence-electron chi connectivity index (χ2n) is 13.9. The van der Waals surface area contributed by atoms with Gasteiger partial charge in [-0.25, -0.2) is 0 Å². The van der Waals surface area contributed by atoms with Crippen LogP contribution in [0.3, 0.4) is 0 Å². The molecule has 0 aliphatic carbocycles. The molecule has 3 nitrogen and oxygen atoms in total. The van der Waals surface area contributed by atoms with Crippen LogP contribution in [0.15, 0.2) is 36.0 Å². The van der Waals surface area contributed by atoms with Gasteiger partial charge in [-0.3, -0.25) is 0 Å². The summed E-state index contributed by atoms with van der Waals surface area (Å²) in [4.78, 5) is 0. The number of hydrogen-bond donors (Lipinski definition) is 0. The van der Waals surface area contributed by atoms with Crippen LogP contribution in [-0.4, -0.2) is 55.1 Å². The first-order chi connectivity index (χ1) is 14.4. The number of benzene rings is 1. The lowest BCUT2D eigenvalue weighted by Gasteiger charge is -2.50. The van der Waals surface area contributed by atoms with E-state index in [4.69, 9.17) is 12.3 Å². The van der Waals surface area contributed by atoms with E-state index < -0.39 is 55.1 Å². The topological polar surface area (TPSA) is 27.7 Å². The molecule has 190 valence electrons. The predicted molar refractivity (Wildman–Crippen MR) is 167 cm³/mol. The summed E-state index contributed by atoms with van der Waals surface area (Å²) < 4.78 is 22.2. The molecule has 0 saturated heterocycles. The third kappa shape index (κ3) is 8.46. The molecule has 0 radical (unpaired) electrons. The van der Waals surface area contributed by atoms with Crippen molar-refractivity contribution in [2.24, 2.45) is 0 Å². The van der Waals surface area contributed by atoms with Gasteiger partial charge in [0.1, 0.15) is 0 Å². The van der Waals surface area contributed by atoms with Crippen molar-refractivity contribution >= 4 is 61.2 Å². The lowest BCUT2D eigenvalue weighted by Crippen LogP contribution is -2.72. The minimum Gasteiger partial charge on any atom is -0.416 e. The first kappa shape index (κ1) is 31.4. The average molecular weight is 573 g/mol. The molecule has 0 aliphatic rings. The van der Waals surface area contributed by atoms with Gasteiger partial charge in [0, 0.05) is 0 Å². The summed E-state index contributed by atoms with van der Waals surface area (Å²) in [7, 11) is -13.8. The first-order valence-electron chi connectivity index (χ1n) is 12.3. The summed E-state index contributed by atoms with van der Waals surface area (Å²) in [6, 6.07) is 10.6. The summed E-state index contributed by atoms with van der Waals surface area (Å²) in [6.07, 6.45) is 2.21. The van der Waals surface area contributed by atoms with E-state index in [9.17, 15) is 0 Å². The van der Waals surface area contributed by atoms with Crippen molar-refractivity contribution in [2.75, 3.05) is 0 Å². The molecule has 0 atom stereocenters. The van der Waals surface area contributed by atoms with Crippen LogP contribution in [-0.2, 0) is 12.3 Å². The fourth-order valence-corrected chi connectivity index (χ4v) is 29.6. The van der Waals surface area contributed by atoms with Crippen molar-refractivity contribution < 1.29 is 12.3 Å². The van der Waals surface area contributed by atoms with Crippen molar-refractivity contribution in [3.05, 3.63) is 41.6 Å². The molecule has 1 aromatic carbocycles. The second-order valence-corrected chi connectivity index (χ2v) is 64.8. The van der Waals surface area contributed by atoms with E-state index in [0.29, 0.717) is 0 Å². The molecular formula is C23H52O3Si7. The Labute approximate surface area is 212 Å². The smallest absolute Gasteiger partial charge is 0.416 e. The highest BCUT2D eigenvalue weighted by Crippen LogP contribution is 2.35. The van der Waals surface area contributed by atoms with Crippen LogP contribution in [0.5, 0.6) is 0 Å². The Balaban J connectivity index is 3.79. The molecule has 0 aliphatic heterocycles. The molecule has 0 fully saturated rings. The molecule has 10 heteroatoms. The molecule has 0 bridgehead atoms. The fourth-order valence-electron chi connectivity index (χ4n) is 2.45. The van der Waals surface area contributed by atoms with Gasteiger partial charge < -0.3 is 12.3 Å². The van der Waals surface area contributed by atoms with Crippen molar-refractivity contribution in [3.63, 3.8) is 0 Å². The fraction of sp³-hybridized carbons (Fsp3) is 0.652. The van der Waals surface area contributed by atoms with Gasteiger partial charge in [0.05, 0.1) is 22.8 Å². The molecule has 0 amide bonds. The van der Waals surface area contributed by atoms with E-state index in [1.807, 2.05) is 0 Å². The highest BCUT2D eigenvalue weighted by Gasteiger charge is 2.57. The lowest BCUT2D eigenvalue weighted by atomic mass is 10.2. The minimum atomic E-state index is -3.11. The molecule has 0 unspecified atom stereocenters. The van der Waals surface area contributed by atoms with Crippen molar-refractivity contribution in [3.8, 4) is 0 Å². The lowest BCUT2D eigenvalue weighted by molar-refractivity contribution is 0.279. The molecular weight excluding hydrogens is 521 g/mol. The van der Waals surface area contributed by atoms with E-state index in [1.54, 1.807) is 0 Å². The zero-order valence-electron chi connectivity index (χ0n) is 24.3. The maximum atomic E-state index is 7.40. The van der Waals surface area contributed by atoms with Crippen molar-refractivity contribution in [2.45, 2.75) is 98.2 Å². The van der Waals surface area contributed by atoms with Crippen LogP contribution in [0, 0.1) is 0 Å². The number of rotatable bonds is 11. The van der Waals surface area contributed by atoms with Gasteiger partial charge in [-0.2, -0.15) is 0 Å². The van der Waals surface area contributed by atoms with Crippen LogP contribution < -0.4 is 0 Å². The van der Waals surface area contributed by atoms with Crippen LogP contribution >= 0.6 is 0 Å². The molecule has 0 aromatic heterocycles. The predicted octanol–water partition coefficient (Wildman–Crippen LogP) is 8.09. The quantitative estimate of drug-likeness (QED) is 0.251. The molecule has 1 rings (SSSR count). The van der Waals surface area contributed by atoms with E-state index in [1.165, 1.54) is 5.56 Å². The highest BCUT2D eigenvalue weighted by atomic mass is 29.3. The van der Waals surface area contributed by atoms with E-state index >= 15 is 0 Å². The van der Waals surface area contributed by atoms with Crippen LogP contribution in [0.2, 0.25) is 98.2 Å². The van der Waals surface area contributed by atoms with Gasteiger partial charge >= 0.3 is 8.80 Å². The first-order valence-corrected chi connectivity index (χ1v) is 36.3. The van der Waals surface area contributed by atoms with Gasteiger partial charge in [-0.05, 0) is 50.5 Å². The van der Waals surface area contributed by atoms with Crippen molar-refractivity contribution in [1.29, 1.82) is 0 Å². The Morgan fingerprint density at radius 3 is 1.06 bits per heavy atom. The summed E-state index contributed by atoms with van der Waals surface area (Å²) >= 11 is 0. The third-order valence-corrected chi connectivity index (χ3v) is 64.1. The molecule has 0 N–H and O–H groups in total. The zero-order valence-corrected chi connectivity index (χ0v) is 31.3. The molecule has 0 saturated carbocycles. The highest BCUT2D eigenvalue weighted by molar-refractivity contribution is 7.42. The normalized spacial score (nSPS) is 15.4. The van der Waals surface area contributed by atoms with E-state index in [-0.39, 0.29) is 0 Å². The Hall–Kier alpha value is 0.358. The Bertz CT molecular complexity index is 733. The van der Waals surface area contributed by atoms with Gasteiger partial charge in [0.2, 0.25) is 0 Å². The standard InChI is InChI=1S/C23H52O3Si7/c1-27(2,3)30(10,11)24-33(25-31(12,13)28(4,5)6,26-32(14,15)29(7,8)9)22-21-23-19-17-16-18-20-23/h16-22H,1-15H3. The van der Waals surface area contributed by atoms with E-state index in [0.717, 1.165) is 0 Å². The van der Waals surface area contributed by atoms with Gasteiger partial charge in [-0.15, -0.1) is 0 Å². The largest absolute Gasteiger partial charge is 0.497 e. The summed E-state index contributed by atoms with van der Waals surface area (Å²) in [5.74, 6) is 0. The van der Waals surface area contributed by atoms with Gasteiger partial charge in [0.25, 0.3) is 0 Å². The maximum Gasteiger partial charge on any atom is 0.497 e. The Morgan fingerprint density at radius 1 is 0.485 bits per heavy atom. The van der Waals surface area contributed by atoms with E-state index in [2.05, 4.69) is 140 Å². The average Bonchev–Trinajstić information content (AvgIpc) is 2.56. The molecule has 1 aromatic rings. The SMILES string of the molecule is C[Si](C)(C)[Si](C)(C)O[Si](C=Cc1ccccc1)(O[Si](C)(C)[Si](C)(C)C)O[Si](C)(C)[Si](C)(C)C. The third-order valence-electron chi connectivity index (χ3n) is 7.89. The Morgan fingerprint density at radius 2 is 0.788 bits per heavy atom. The monoisotopic (exact) mass is 572 g/mol. The zero-order chi connectivity index (χ0) is 26.1. The molecule has 0 spiro atoms. The van der Waals surface area contributed by atoms with Crippen molar-refractivity contribution in [1.82, 2.24) is 0 Å². The maximum absolute atomic E-state index is 7.40. The molecule has 0 heterocycles.